The van der Waals surface area contributed by atoms with Crippen LogP contribution < -0.4 is 30.6 Å². The summed E-state index contributed by atoms with van der Waals surface area (Å²) < 4.78 is 52.3. The molecule has 6 aromatic rings. The Balaban J connectivity index is 1.02. The fourth-order valence-electron chi connectivity index (χ4n) is 9.91. The van der Waals surface area contributed by atoms with Crippen LogP contribution in [-0.2, 0) is 33.9 Å². The third-order valence-electron chi connectivity index (χ3n) is 13.7. The number of benzene rings is 5. The van der Waals surface area contributed by atoms with Crippen LogP contribution >= 0.6 is 0 Å². The molecule has 0 bridgehead atoms. The van der Waals surface area contributed by atoms with Gasteiger partial charge < -0.3 is 40.2 Å². The van der Waals surface area contributed by atoms with Crippen LogP contribution in [0.15, 0.2) is 151 Å². The number of nitrogens with zero attached hydrogens (tertiary/aromatic N) is 2. The number of pyridine rings is 1. The highest BCUT2D eigenvalue weighted by Crippen LogP contribution is 2.58. The molecule has 382 valence electrons. The topological polar surface area (TPSA) is 235 Å². The number of rotatable bonds is 16. The molecular formula is C56H56N6O11S. The van der Waals surface area contributed by atoms with Crippen LogP contribution in [0.5, 0.6) is 11.5 Å². The molecule has 1 aliphatic heterocycles. The molecule has 1 saturated heterocycles. The Morgan fingerprint density at radius 2 is 1.50 bits per heavy atom. The van der Waals surface area contributed by atoms with Gasteiger partial charge >= 0.3 is 12.2 Å². The van der Waals surface area contributed by atoms with Crippen LogP contribution in [0.3, 0.4) is 0 Å². The van der Waals surface area contributed by atoms with Gasteiger partial charge in [0.05, 0.1) is 47.8 Å². The molecule has 74 heavy (non-hydrogen) atoms. The molecular weight excluding hydrogens is 965 g/mol. The molecule has 1 aromatic heterocycles. The quantitative estimate of drug-likeness (QED) is 0.0714. The number of likely N-dealkylation sites (tertiary alicyclic amines) is 1. The van der Waals surface area contributed by atoms with Crippen molar-refractivity contribution in [1.29, 1.82) is 0 Å². The zero-order chi connectivity index (χ0) is 52.6. The van der Waals surface area contributed by atoms with E-state index in [2.05, 4.69) is 17.2 Å². The Labute approximate surface area is 428 Å². The van der Waals surface area contributed by atoms with E-state index in [9.17, 15) is 22.8 Å². The molecule has 17 nitrogen and oxygen atoms in total. The fourth-order valence-corrected chi connectivity index (χ4v) is 11.0. The number of Topliss-reactive ketones (excluding diaryl/α,β-unsaturated/α-hetero) is 1. The molecule has 0 unspecified atom stereocenters. The number of fused-ring (bicyclic) bond motifs is 4. The Morgan fingerprint density at radius 3 is 2.14 bits per heavy atom. The molecule has 5 N–H and O–H groups in total. The molecule has 9 rings (SSSR count). The molecule has 2 heterocycles. The Bertz CT molecular complexity index is 3250. The third-order valence-corrected chi connectivity index (χ3v) is 15.0. The van der Waals surface area contributed by atoms with Gasteiger partial charge in [-0.3, -0.25) is 14.4 Å². The van der Waals surface area contributed by atoms with E-state index in [-0.39, 0.29) is 36.8 Å². The van der Waals surface area contributed by atoms with Crippen LogP contribution in [-0.4, -0.2) is 104 Å². The van der Waals surface area contributed by atoms with E-state index in [0.29, 0.717) is 28.1 Å². The van der Waals surface area contributed by atoms with Crippen LogP contribution in [0.25, 0.3) is 33.3 Å². The van der Waals surface area contributed by atoms with Gasteiger partial charge in [0, 0.05) is 35.4 Å². The van der Waals surface area contributed by atoms with Crippen molar-refractivity contribution >= 4 is 50.7 Å². The second-order valence-electron chi connectivity index (χ2n) is 19.6. The van der Waals surface area contributed by atoms with Crippen molar-refractivity contribution in [3.05, 3.63) is 157 Å². The van der Waals surface area contributed by atoms with Crippen molar-refractivity contribution < 1.29 is 51.3 Å². The van der Waals surface area contributed by atoms with Gasteiger partial charge in [-0.25, -0.2) is 27.7 Å². The maximum atomic E-state index is 15.3. The number of nitrogens with two attached hydrogens (primary N) is 1. The minimum absolute atomic E-state index is 0.0349. The standard InChI is InChI=1S/C56H56N6O11S/c1-6-55(33-56(55,57)51(65)61-74(68,69)37-19-11-8-12-20-37)49(63)47-28-36(72-48-29-44(34-17-9-7-10-18-34)59-45-27-35(70-5)25-26-42(45)48)31-62(47)50(64)46(60-53(67)73-54(2,3)4)30-58-52(66)71-32-43-40-23-15-13-21-38(40)39-22-14-16-24-41(39)43/h6-27,29,36,43,46-47H,1,28,30-33,57H2,2-5H3,(H,58,66)(H,60,67)(H,61,65)/t36-,46+,47+,55+,56+/m1/s1. The van der Waals surface area contributed by atoms with Crippen LogP contribution in [0.1, 0.15) is 50.7 Å². The number of nitrogens with one attached hydrogen (secondary N) is 3. The number of amides is 4. The van der Waals surface area contributed by atoms with Crippen molar-refractivity contribution in [2.75, 3.05) is 26.8 Å². The Hall–Kier alpha value is -8.09. The zero-order valence-electron chi connectivity index (χ0n) is 41.2. The van der Waals surface area contributed by atoms with Crippen LogP contribution in [0, 0.1) is 5.41 Å². The maximum Gasteiger partial charge on any atom is 0.408 e. The van der Waals surface area contributed by atoms with Crippen molar-refractivity contribution in [1.82, 2.24) is 25.2 Å². The lowest BCUT2D eigenvalue weighted by Crippen LogP contribution is -2.58. The highest BCUT2D eigenvalue weighted by molar-refractivity contribution is 7.90. The molecule has 18 heteroatoms. The number of carbonyl (C=O) groups is 5. The van der Waals surface area contributed by atoms with E-state index < -0.39 is 81.1 Å². The molecule has 4 amide bonds. The lowest BCUT2D eigenvalue weighted by Gasteiger charge is -2.31. The van der Waals surface area contributed by atoms with E-state index in [1.54, 1.807) is 51.1 Å². The number of aromatic nitrogens is 1. The van der Waals surface area contributed by atoms with Gasteiger partial charge in [0.2, 0.25) is 5.91 Å². The molecule has 0 spiro atoms. The molecule has 3 aliphatic rings. The molecule has 5 atom stereocenters. The normalized spacial score (nSPS) is 20.3. The highest BCUT2D eigenvalue weighted by atomic mass is 32.2. The number of hydrogen-bond acceptors (Lipinski definition) is 13. The van der Waals surface area contributed by atoms with Gasteiger partial charge in [-0.2, -0.15) is 0 Å². The van der Waals surface area contributed by atoms with E-state index in [1.165, 1.54) is 42.4 Å². The average molecular weight is 1020 g/mol. The number of ketones is 1. The zero-order valence-corrected chi connectivity index (χ0v) is 42.0. The first kappa shape index (κ1) is 50.8. The number of sulfonamides is 1. The summed E-state index contributed by atoms with van der Waals surface area (Å²) in [6, 6.07) is 36.4. The summed E-state index contributed by atoms with van der Waals surface area (Å²) in [6.07, 6.45) is -2.08. The van der Waals surface area contributed by atoms with Gasteiger partial charge in [0.15, 0.2) is 5.78 Å². The first-order valence-electron chi connectivity index (χ1n) is 24.0. The smallest absolute Gasteiger partial charge is 0.408 e. The SMILES string of the molecule is C=C[C@@]1(C(=O)[C@@H]2C[C@@H](Oc3cc(-c4ccccc4)nc4cc(OC)ccc34)CN2C(=O)[C@H](CNC(=O)OCC2c3ccccc3-c3ccccc32)NC(=O)OC(C)(C)C)C[C@]1(N)C(=O)NS(=O)(=O)c1ccccc1. The Morgan fingerprint density at radius 1 is 0.865 bits per heavy atom. The number of methoxy groups -OCH3 is 1. The minimum Gasteiger partial charge on any atom is -0.497 e. The van der Waals surface area contributed by atoms with E-state index in [1.807, 2.05) is 83.6 Å². The molecule has 2 aliphatic carbocycles. The average Bonchev–Trinajstić information content (AvgIpc) is 3.68. The summed E-state index contributed by atoms with van der Waals surface area (Å²) in [5, 5.41) is 5.81. The number of ether oxygens (including phenoxy) is 4. The summed E-state index contributed by atoms with van der Waals surface area (Å²) in [5.74, 6) is -2.06. The lowest BCUT2D eigenvalue weighted by molar-refractivity contribution is -0.141. The number of alkyl carbamates (subject to hydrolysis) is 2. The molecule has 2 fully saturated rings. The maximum absolute atomic E-state index is 15.3. The fraction of sp³-hybridized carbons (Fsp3) is 0.286. The number of hydrogen-bond donors (Lipinski definition) is 4. The van der Waals surface area contributed by atoms with Crippen LogP contribution in [0.4, 0.5) is 9.59 Å². The number of carbonyl (C=O) groups excluding carboxylic acids is 5. The molecule has 5 aromatic carbocycles. The van der Waals surface area contributed by atoms with Gasteiger partial charge in [-0.1, -0.05) is 103 Å². The first-order valence-corrected chi connectivity index (χ1v) is 25.5. The monoisotopic (exact) mass is 1020 g/mol. The lowest BCUT2D eigenvalue weighted by atomic mass is 9.88. The summed E-state index contributed by atoms with van der Waals surface area (Å²) in [7, 11) is -2.89. The minimum atomic E-state index is -4.42. The summed E-state index contributed by atoms with van der Waals surface area (Å²) in [4.78, 5) is 77.5. The van der Waals surface area contributed by atoms with Gasteiger partial charge in [-0.05, 0) is 73.7 Å². The highest BCUT2D eigenvalue weighted by Gasteiger charge is 2.74. The summed E-state index contributed by atoms with van der Waals surface area (Å²) >= 11 is 0. The van der Waals surface area contributed by atoms with E-state index in [4.69, 9.17) is 29.7 Å². The Kier molecular flexibility index (Phi) is 13.8. The van der Waals surface area contributed by atoms with Crippen molar-refractivity contribution in [3.63, 3.8) is 0 Å². The van der Waals surface area contributed by atoms with Gasteiger partial charge in [0.25, 0.3) is 15.9 Å². The first-order chi connectivity index (χ1) is 35.3. The van der Waals surface area contributed by atoms with Crippen LogP contribution in [0.2, 0.25) is 0 Å². The largest absolute Gasteiger partial charge is 0.497 e. The van der Waals surface area contributed by atoms with Crippen molar-refractivity contribution in [3.8, 4) is 33.9 Å². The van der Waals surface area contributed by atoms with E-state index >= 15 is 9.59 Å². The van der Waals surface area contributed by atoms with Crippen molar-refractivity contribution in [2.45, 2.75) is 73.8 Å². The second-order valence-corrected chi connectivity index (χ2v) is 21.3. The van der Waals surface area contributed by atoms with Gasteiger partial charge in [-0.15, -0.1) is 6.58 Å². The van der Waals surface area contributed by atoms with Gasteiger partial charge in [0.1, 0.15) is 41.4 Å². The molecule has 1 saturated carbocycles. The second kappa shape index (κ2) is 20.1. The summed E-state index contributed by atoms with van der Waals surface area (Å²) in [5.41, 5.74) is 7.66. The predicted octanol–water partition coefficient (Wildman–Crippen LogP) is 7.04. The molecule has 0 radical (unpaired) electrons. The van der Waals surface area contributed by atoms with Crippen molar-refractivity contribution in [2.24, 2.45) is 11.1 Å². The van der Waals surface area contributed by atoms with E-state index in [0.717, 1.165) is 27.8 Å². The predicted molar refractivity (Wildman–Crippen MR) is 275 cm³/mol. The summed E-state index contributed by atoms with van der Waals surface area (Å²) in [6.45, 7) is 8.01. The third kappa shape index (κ3) is 10.0.